The Morgan fingerprint density at radius 1 is 0.931 bits per heavy atom. The molecule has 9 nitrogen and oxygen atoms in total. The molecule has 0 bridgehead atoms. The lowest BCUT2D eigenvalue weighted by molar-refractivity contribution is -0.119. The molecule has 0 spiro atoms. The second kappa shape index (κ2) is 9.05. The number of esters is 1. The van der Waals surface area contributed by atoms with E-state index in [1.807, 2.05) is 0 Å². The van der Waals surface area contributed by atoms with Gasteiger partial charge in [-0.25, -0.2) is 4.79 Å². The number of hydrogen-bond acceptors (Lipinski definition) is 8. The molecule has 154 valence electrons. The molecule has 3 rings (SSSR count). The number of fused-ring (bicyclic) bond motifs is 1. The van der Waals surface area contributed by atoms with Crippen molar-refractivity contribution in [2.75, 3.05) is 46.5 Å². The van der Waals surface area contributed by atoms with E-state index in [4.69, 9.17) is 28.4 Å². The molecule has 0 saturated carbocycles. The average Bonchev–Trinajstić information content (AvgIpc) is 2.76. The molecule has 0 aliphatic carbocycles. The highest BCUT2D eigenvalue weighted by atomic mass is 16.6. The molecule has 2 aromatic rings. The van der Waals surface area contributed by atoms with E-state index >= 15 is 0 Å². The predicted octanol–water partition coefficient (Wildman–Crippen LogP) is 2.28. The highest BCUT2D eigenvalue weighted by molar-refractivity contribution is 5.97. The summed E-state index contributed by atoms with van der Waals surface area (Å²) in [6.45, 7) is 0.439. The van der Waals surface area contributed by atoms with Crippen LogP contribution < -0.4 is 29.0 Å². The van der Waals surface area contributed by atoms with Gasteiger partial charge < -0.3 is 33.7 Å². The van der Waals surface area contributed by atoms with Gasteiger partial charge in [-0.3, -0.25) is 4.79 Å². The standard InChI is InChI=1S/C20H21NO8/c1-24-15-7-5-13(18(25-2)19(15)26-3)20(23)29-11-17(22)21-12-4-6-14-16(10-12)28-9-8-27-14/h4-7,10H,8-9,11H2,1-3H3,(H,21,22). The van der Waals surface area contributed by atoms with Crippen LogP contribution in [0.2, 0.25) is 0 Å². The number of anilines is 1. The molecule has 1 heterocycles. The minimum atomic E-state index is -0.736. The second-order valence-electron chi connectivity index (χ2n) is 5.86. The first-order valence-corrected chi connectivity index (χ1v) is 8.73. The molecular formula is C20H21NO8. The molecule has 1 amide bonds. The maximum atomic E-state index is 12.4. The van der Waals surface area contributed by atoms with Crippen LogP contribution in [0.4, 0.5) is 5.69 Å². The van der Waals surface area contributed by atoms with Crippen molar-refractivity contribution in [3.05, 3.63) is 35.9 Å². The summed E-state index contributed by atoms with van der Waals surface area (Å²) < 4.78 is 31.7. The molecule has 2 aromatic carbocycles. The number of ether oxygens (including phenoxy) is 6. The molecule has 0 aromatic heterocycles. The fourth-order valence-corrected chi connectivity index (χ4v) is 2.79. The van der Waals surface area contributed by atoms with E-state index in [0.29, 0.717) is 36.1 Å². The lowest BCUT2D eigenvalue weighted by Crippen LogP contribution is -2.21. The fourth-order valence-electron chi connectivity index (χ4n) is 2.79. The first-order chi connectivity index (χ1) is 14.1. The largest absolute Gasteiger partial charge is 0.493 e. The molecule has 0 saturated heterocycles. The van der Waals surface area contributed by atoms with Gasteiger partial charge in [0.05, 0.1) is 21.3 Å². The zero-order valence-corrected chi connectivity index (χ0v) is 16.3. The molecule has 29 heavy (non-hydrogen) atoms. The predicted molar refractivity (Wildman–Crippen MR) is 102 cm³/mol. The Balaban J connectivity index is 1.64. The number of rotatable bonds is 7. The van der Waals surface area contributed by atoms with Gasteiger partial charge in [-0.05, 0) is 24.3 Å². The number of methoxy groups -OCH3 is 3. The van der Waals surface area contributed by atoms with E-state index < -0.39 is 18.5 Å². The van der Waals surface area contributed by atoms with Gasteiger partial charge in [0.1, 0.15) is 18.8 Å². The minimum absolute atomic E-state index is 0.109. The number of nitrogens with one attached hydrogen (secondary N) is 1. The van der Waals surface area contributed by atoms with Crippen LogP contribution in [0.15, 0.2) is 30.3 Å². The van der Waals surface area contributed by atoms with E-state index in [1.54, 1.807) is 24.3 Å². The molecule has 0 radical (unpaired) electrons. The molecule has 1 N–H and O–H groups in total. The molecule has 1 aliphatic heterocycles. The van der Waals surface area contributed by atoms with Crippen LogP contribution in [0.5, 0.6) is 28.7 Å². The Morgan fingerprint density at radius 3 is 2.34 bits per heavy atom. The molecular weight excluding hydrogens is 382 g/mol. The molecule has 0 fully saturated rings. The Hall–Kier alpha value is -3.62. The van der Waals surface area contributed by atoms with E-state index in [0.717, 1.165) is 0 Å². The summed E-state index contributed by atoms with van der Waals surface area (Å²) in [6, 6.07) is 8.04. The third kappa shape index (κ3) is 4.45. The highest BCUT2D eigenvalue weighted by Crippen LogP contribution is 2.40. The van der Waals surface area contributed by atoms with Crippen molar-refractivity contribution in [3.8, 4) is 28.7 Å². The van der Waals surface area contributed by atoms with Gasteiger partial charge in [0.2, 0.25) is 5.75 Å². The first kappa shape index (κ1) is 20.1. The van der Waals surface area contributed by atoms with Gasteiger partial charge >= 0.3 is 5.97 Å². The Labute approximate surface area is 167 Å². The minimum Gasteiger partial charge on any atom is -0.493 e. The van der Waals surface area contributed by atoms with Crippen molar-refractivity contribution in [2.24, 2.45) is 0 Å². The lowest BCUT2D eigenvalue weighted by Gasteiger charge is -2.19. The van der Waals surface area contributed by atoms with Crippen molar-refractivity contribution in [2.45, 2.75) is 0 Å². The highest BCUT2D eigenvalue weighted by Gasteiger charge is 2.22. The number of carbonyl (C=O) groups excluding carboxylic acids is 2. The number of carbonyl (C=O) groups is 2. The van der Waals surface area contributed by atoms with Crippen molar-refractivity contribution in [3.63, 3.8) is 0 Å². The van der Waals surface area contributed by atoms with Crippen LogP contribution in [0, 0.1) is 0 Å². The summed E-state index contributed by atoms with van der Waals surface area (Å²) in [5, 5.41) is 2.64. The van der Waals surface area contributed by atoms with Crippen LogP contribution in [-0.2, 0) is 9.53 Å². The van der Waals surface area contributed by atoms with Gasteiger partial charge in [-0.2, -0.15) is 0 Å². The fraction of sp³-hybridized carbons (Fsp3) is 0.300. The third-order valence-electron chi connectivity index (χ3n) is 4.08. The first-order valence-electron chi connectivity index (χ1n) is 8.73. The molecule has 0 atom stereocenters. The van der Waals surface area contributed by atoms with E-state index in [9.17, 15) is 9.59 Å². The third-order valence-corrected chi connectivity index (χ3v) is 4.08. The van der Waals surface area contributed by atoms with Crippen LogP contribution in [0.25, 0.3) is 0 Å². The topological polar surface area (TPSA) is 102 Å². The average molecular weight is 403 g/mol. The summed E-state index contributed by atoms with van der Waals surface area (Å²) in [5.41, 5.74) is 0.608. The van der Waals surface area contributed by atoms with Gasteiger partial charge in [-0.15, -0.1) is 0 Å². The zero-order chi connectivity index (χ0) is 20.8. The summed E-state index contributed by atoms with van der Waals surface area (Å²) in [4.78, 5) is 24.6. The monoisotopic (exact) mass is 403 g/mol. The quantitative estimate of drug-likeness (QED) is 0.703. The Kier molecular flexibility index (Phi) is 6.28. The van der Waals surface area contributed by atoms with Gasteiger partial charge in [0, 0.05) is 11.8 Å². The molecule has 1 aliphatic rings. The molecule has 0 unspecified atom stereocenters. The zero-order valence-electron chi connectivity index (χ0n) is 16.3. The lowest BCUT2D eigenvalue weighted by atomic mass is 10.1. The Bertz CT molecular complexity index is 912. The van der Waals surface area contributed by atoms with Crippen molar-refractivity contribution >= 4 is 17.6 Å². The normalized spacial score (nSPS) is 12.0. The van der Waals surface area contributed by atoms with Crippen molar-refractivity contribution in [1.29, 1.82) is 0 Å². The summed E-state index contributed by atoms with van der Waals surface area (Å²) in [7, 11) is 4.29. The van der Waals surface area contributed by atoms with E-state index in [-0.39, 0.29) is 17.1 Å². The summed E-state index contributed by atoms with van der Waals surface area (Å²) >= 11 is 0. The number of amides is 1. The van der Waals surface area contributed by atoms with Crippen molar-refractivity contribution in [1.82, 2.24) is 0 Å². The van der Waals surface area contributed by atoms with Crippen LogP contribution in [0.1, 0.15) is 10.4 Å². The van der Waals surface area contributed by atoms with Crippen LogP contribution in [0.3, 0.4) is 0 Å². The maximum Gasteiger partial charge on any atom is 0.342 e. The molecule has 9 heteroatoms. The van der Waals surface area contributed by atoms with Gasteiger partial charge in [0.25, 0.3) is 5.91 Å². The Morgan fingerprint density at radius 2 is 1.66 bits per heavy atom. The number of hydrogen-bond donors (Lipinski definition) is 1. The number of benzene rings is 2. The van der Waals surface area contributed by atoms with Crippen LogP contribution in [-0.4, -0.2) is 53.0 Å². The summed E-state index contributed by atoms with van der Waals surface area (Å²) in [6.07, 6.45) is 0. The SMILES string of the molecule is COc1ccc(C(=O)OCC(=O)Nc2ccc3c(c2)OCCO3)c(OC)c1OC. The summed E-state index contributed by atoms with van der Waals surface area (Å²) in [5.74, 6) is 0.725. The smallest absolute Gasteiger partial charge is 0.342 e. The maximum absolute atomic E-state index is 12.4. The van der Waals surface area contributed by atoms with E-state index in [2.05, 4.69) is 5.32 Å². The van der Waals surface area contributed by atoms with Gasteiger partial charge in [-0.1, -0.05) is 0 Å². The van der Waals surface area contributed by atoms with Gasteiger partial charge in [0.15, 0.2) is 29.6 Å². The second-order valence-corrected chi connectivity index (χ2v) is 5.86. The van der Waals surface area contributed by atoms with E-state index in [1.165, 1.54) is 27.4 Å². The van der Waals surface area contributed by atoms with Crippen LogP contribution >= 0.6 is 0 Å². The van der Waals surface area contributed by atoms with Crippen molar-refractivity contribution < 1.29 is 38.0 Å².